The molecule has 0 fully saturated rings. The first-order valence-electron chi connectivity index (χ1n) is 2.90. The van der Waals surface area contributed by atoms with Crippen LogP contribution in [0.1, 0.15) is 5.56 Å². The lowest BCUT2D eigenvalue weighted by atomic mass is 10.2. The van der Waals surface area contributed by atoms with Gasteiger partial charge >= 0.3 is 0 Å². The number of rotatable bonds is 3. The molecule has 0 spiro atoms. The van der Waals surface area contributed by atoms with Crippen molar-refractivity contribution in [1.82, 2.24) is 0 Å². The SMILES string of the molecule is OOSCc1ccccc1. The highest BCUT2D eigenvalue weighted by molar-refractivity contribution is 7.93. The van der Waals surface area contributed by atoms with Crippen molar-refractivity contribution in [3.05, 3.63) is 35.9 Å². The van der Waals surface area contributed by atoms with Crippen molar-refractivity contribution in [3.8, 4) is 0 Å². The molecular formula is C7H8O2S. The molecule has 0 atom stereocenters. The maximum Gasteiger partial charge on any atom is 0.0480 e. The van der Waals surface area contributed by atoms with Crippen LogP contribution in [0.2, 0.25) is 0 Å². The van der Waals surface area contributed by atoms with Gasteiger partial charge in [0.1, 0.15) is 0 Å². The van der Waals surface area contributed by atoms with Crippen LogP contribution in [0, 0.1) is 0 Å². The second-order valence-corrected chi connectivity index (χ2v) is 2.50. The van der Waals surface area contributed by atoms with Crippen LogP contribution in [0.4, 0.5) is 0 Å². The van der Waals surface area contributed by atoms with E-state index in [1.165, 1.54) is 0 Å². The predicted molar refractivity (Wildman–Crippen MR) is 41.5 cm³/mol. The standard InChI is InChI=1S/C7H8O2S/c8-9-10-6-7-4-2-1-3-5-7/h1-5,8H,6H2. The van der Waals surface area contributed by atoms with E-state index in [2.05, 4.69) is 4.33 Å². The molecule has 0 aliphatic carbocycles. The van der Waals surface area contributed by atoms with E-state index in [1.54, 1.807) is 0 Å². The molecule has 0 heterocycles. The van der Waals surface area contributed by atoms with E-state index >= 15 is 0 Å². The van der Waals surface area contributed by atoms with E-state index in [4.69, 9.17) is 5.26 Å². The third-order valence-corrected chi connectivity index (χ3v) is 1.68. The van der Waals surface area contributed by atoms with Gasteiger partial charge in [0.15, 0.2) is 0 Å². The fourth-order valence-electron chi connectivity index (χ4n) is 0.669. The second-order valence-electron chi connectivity index (χ2n) is 1.82. The summed E-state index contributed by atoms with van der Waals surface area (Å²) in [6.45, 7) is 0. The molecule has 3 heteroatoms. The lowest BCUT2D eigenvalue weighted by Gasteiger charge is -1.94. The van der Waals surface area contributed by atoms with Gasteiger partial charge in [-0.2, -0.15) is 4.33 Å². The molecule has 0 saturated heterocycles. The summed E-state index contributed by atoms with van der Waals surface area (Å²) < 4.78 is 3.86. The first kappa shape index (κ1) is 7.60. The highest BCUT2D eigenvalue weighted by Gasteiger charge is 1.89. The zero-order valence-electron chi connectivity index (χ0n) is 5.36. The van der Waals surface area contributed by atoms with E-state index in [9.17, 15) is 0 Å². The van der Waals surface area contributed by atoms with Gasteiger partial charge in [-0.15, -0.1) is 0 Å². The maximum atomic E-state index is 7.99. The summed E-state index contributed by atoms with van der Waals surface area (Å²) in [6, 6.07) is 9.81. The second kappa shape index (κ2) is 4.33. The Hall–Kier alpha value is -0.510. The van der Waals surface area contributed by atoms with Gasteiger partial charge in [0.05, 0.1) is 0 Å². The first-order valence-corrected chi connectivity index (χ1v) is 3.81. The van der Waals surface area contributed by atoms with Crippen LogP contribution in [0.15, 0.2) is 30.3 Å². The van der Waals surface area contributed by atoms with Gasteiger partial charge in [0.25, 0.3) is 0 Å². The molecule has 0 bridgehead atoms. The van der Waals surface area contributed by atoms with E-state index in [0.717, 1.165) is 17.6 Å². The summed E-state index contributed by atoms with van der Waals surface area (Å²) >= 11 is 1.02. The van der Waals surface area contributed by atoms with Gasteiger partial charge in [-0.05, 0) is 5.56 Å². The lowest BCUT2D eigenvalue weighted by molar-refractivity contribution is -0.116. The van der Waals surface area contributed by atoms with Crippen molar-refractivity contribution in [2.45, 2.75) is 5.75 Å². The molecule has 0 saturated carbocycles. The molecule has 2 nitrogen and oxygen atoms in total. The van der Waals surface area contributed by atoms with Crippen LogP contribution in [0.3, 0.4) is 0 Å². The zero-order valence-corrected chi connectivity index (χ0v) is 6.17. The third kappa shape index (κ3) is 2.39. The van der Waals surface area contributed by atoms with Crippen LogP contribution < -0.4 is 0 Å². The molecule has 0 aliphatic rings. The van der Waals surface area contributed by atoms with Gasteiger partial charge in [-0.1, -0.05) is 30.3 Å². The molecule has 0 radical (unpaired) electrons. The van der Waals surface area contributed by atoms with E-state index in [1.807, 2.05) is 30.3 Å². The summed E-state index contributed by atoms with van der Waals surface area (Å²) in [5, 5.41) is 7.99. The van der Waals surface area contributed by atoms with Crippen molar-refractivity contribution in [1.29, 1.82) is 0 Å². The number of hydrogen-bond acceptors (Lipinski definition) is 3. The lowest BCUT2D eigenvalue weighted by Crippen LogP contribution is -1.78. The Kier molecular flexibility index (Phi) is 3.29. The molecular weight excluding hydrogens is 148 g/mol. The Balaban J connectivity index is 2.43. The third-order valence-electron chi connectivity index (χ3n) is 1.12. The van der Waals surface area contributed by atoms with Crippen LogP contribution in [0.5, 0.6) is 0 Å². The normalized spacial score (nSPS) is 9.70. The molecule has 1 rings (SSSR count). The molecule has 0 amide bonds. The average molecular weight is 156 g/mol. The zero-order chi connectivity index (χ0) is 7.23. The van der Waals surface area contributed by atoms with Crippen molar-refractivity contribution in [2.75, 3.05) is 0 Å². The van der Waals surface area contributed by atoms with Crippen molar-refractivity contribution < 1.29 is 9.59 Å². The Bertz CT molecular complexity index is 176. The van der Waals surface area contributed by atoms with Crippen LogP contribution >= 0.6 is 12.0 Å². The topological polar surface area (TPSA) is 29.5 Å². The highest BCUT2D eigenvalue weighted by Crippen LogP contribution is 2.10. The Morgan fingerprint density at radius 2 is 2.00 bits per heavy atom. The van der Waals surface area contributed by atoms with Crippen LogP contribution in [-0.2, 0) is 10.1 Å². The number of benzene rings is 1. The minimum absolute atomic E-state index is 0.678. The largest absolute Gasteiger partial charge is 0.239 e. The molecule has 10 heavy (non-hydrogen) atoms. The molecule has 0 aromatic heterocycles. The number of hydrogen-bond donors (Lipinski definition) is 1. The van der Waals surface area contributed by atoms with Gasteiger partial charge in [0, 0.05) is 17.8 Å². The van der Waals surface area contributed by atoms with E-state index in [0.29, 0.717) is 5.75 Å². The summed E-state index contributed by atoms with van der Waals surface area (Å²) in [4.78, 5) is 0. The van der Waals surface area contributed by atoms with Crippen molar-refractivity contribution in [2.24, 2.45) is 0 Å². The monoisotopic (exact) mass is 156 g/mol. The van der Waals surface area contributed by atoms with E-state index in [-0.39, 0.29) is 0 Å². The first-order chi connectivity index (χ1) is 4.93. The van der Waals surface area contributed by atoms with Crippen molar-refractivity contribution in [3.63, 3.8) is 0 Å². The minimum atomic E-state index is 0.678. The predicted octanol–water partition coefficient (Wildman–Crippen LogP) is 2.32. The smallest absolute Gasteiger partial charge is 0.0480 e. The van der Waals surface area contributed by atoms with Gasteiger partial charge in [-0.3, -0.25) is 0 Å². The van der Waals surface area contributed by atoms with Gasteiger partial charge in [-0.25, -0.2) is 5.26 Å². The average Bonchev–Trinajstić information content (AvgIpc) is 2.03. The quantitative estimate of drug-likeness (QED) is 0.413. The van der Waals surface area contributed by atoms with E-state index < -0.39 is 0 Å². The van der Waals surface area contributed by atoms with Gasteiger partial charge < -0.3 is 0 Å². The minimum Gasteiger partial charge on any atom is -0.239 e. The highest BCUT2D eigenvalue weighted by atomic mass is 32.2. The van der Waals surface area contributed by atoms with Crippen LogP contribution in [-0.4, -0.2) is 5.26 Å². The Labute approximate surface area is 64.0 Å². The van der Waals surface area contributed by atoms with Gasteiger partial charge in [0.2, 0.25) is 0 Å². The molecule has 1 aromatic carbocycles. The molecule has 54 valence electrons. The maximum absolute atomic E-state index is 7.99. The summed E-state index contributed by atoms with van der Waals surface area (Å²) in [6.07, 6.45) is 0. The Morgan fingerprint density at radius 1 is 1.30 bits per heavy atom. The molecule has 1 N–H and O–H groups in total. The van der Waals surface area contributed by atoms with Crippen LogP contribution in [0.25, 0.3) is 0 Å². The summed E-state index contributed by atoms with van der Waals surface area (Å²) in [5.41, 5.74) is 1.14. The molecule has 1 aromatic rings. The summed E-state index contributed by atoms with van der Waals surface area (Å²) in [5.74, 6) is 0.678. The molecule has 0 aliphatic heterocycles. The fraction of sp³-hybridized carbons (Fsp3) is 0.143. The Morgan fingerprint density at radius 3 is 2.60 bits per heavy atom. The molecule has 0 unspecified atom stereocenters. The fourth-order valence-corrected chi connectivity index (χ4v) is 1.05. The summed E-state index contributed by atoms with van der Waals surface area (Å²) in [7, 11) is 0. The van der Waals surface area contributed by atoms with Crippen molar-refractivity contribution >= 4 is 12.0 Å².